The van der Waals surface area contributed by atoms with E-state index in [0.29, 0.717) is 0 Å². The molecule has 2 aromatic heterocycles. The van der Waals surface area contributed by atoms with E-state index in [1.54, 1.807) is 26.6 Å². The van der Waals surface area contributed by atoms with Gasteiger partial charge in [0.1, 0.15) is 11.5 Å². The van der Waals surface area contributed by atoms with E-state index in [4.69, 9.17) is 9.47 Å². The predicted molar refractivity (Wildman–Crippen MR) is 157 cm³/mol. The van der Waals surface area contributed by atoms with Crippen LogP contribution in [0.25, 0.3) is 21.7 Å². The van der Waals surface area contributed by atoms with Crippen LogP contribution in [0.5, 0.6) is 11.5 Å². The van der Waals surface area contributed by atoms with Crippen LogP contribution in [0.15, 0.2) is 94.6 Å². The summed E-state index contributed by atoms with van der Waals surface area (Å²) in [4.78, 5) is 10.0. The van der Waals surface area contributed by atoms with Gasteiger partial charge in [-0.15, -0.1) is 11.3 Å². The van der Waals surface area contributed by atoms with Gasteiger partial charge in [-0.3, -0.25) is 10.9 Å². The molecule has 0 aliphatic carbocycles. The molecule has 3 aromatic carbocycles. The second-order valence-corrected chi connectivity index (χ2v) is 9.82. The van der Waals surface area contributed by atoms with Gasteiger partial charge in [0.25, 0.3) is 0 Å². The molecule has 5 rings (SSSR count). The van der Waals surface area contributed by atoms with Crippen LogP contribution < -0.4 is 20.3 Å². The number of nitrogens with one attached hydrogen (secondary N) is 2. The first-order chi connectivity index (χ1) is 18.7. The molecule has 8 nitrogen and oxygen atoms in total. The standard InChI is InChI=1S/C28H24N6O2S2/c1-35-23-11-7-21(8-12-23)25-18-37-28(32-25)34-31-16-20-5-3-19(4-6-20)15-30-33-27-29-17-26(38-27)22-9-13-24(36-2)14-10-22/h3-18H,1-2H3,(H,29,33)(H,32,34)/b30-15+,31-16+. The average Bonchev–Trinajstić information content (AvgIpc) is 3.64. The van der Waals surface area contributed by atoms with Crippen molar-refractivity contribution in [1.82, 2.24) is 9.97 Å². The second kappa shape index (κ2) is 12.1. The molecule has 2 N–H and O–H groups in total. The van der Waals surface area contributed by atoms with E-state index in [-0.39, 0.29) is 0 Å². The van der Waals surface area contributed by atoms with Gasteiger partial charge in [0.15, 0.2) is 0 Å². The van der Waals surface area contributed by atoms with Crippen molar-refractivity contribution in [1.29, 1.82) is 0 Å². The van der Waals surface area contributed by atoms with Crippen molar-refractivity contribution < 1.29 is 9.47 Å². The van der Waals surface area contributed by atoms with Crippen molar-refractivity contribution in [3.05, 3.63) is 95.5 Å². The van der Waals surface area contributed by atoms with Gasteiger partial charge < -0.3 is 9.47 Å². The minimum absolute atomic E-state index is 0.722. The van der Waals surface area contributed by atoms with E-state index in [9.17, 15) is 0 Å². The van der Waals surface area contributed by atoms with Crippen LogP contribution in [0.3, 0.4) is 0 Å². The van der Waals surface area contributed by atoms with Gasteiger partial charge in [-0.1, -0.05) is 35.6 Å². The molecule has 38 heavy (non-hydrogen) atoms. The third kappa shape index (κ3) is 6.41. The molecule has 0 atom stereocenters. The number of hydrogen-bond donors (Lipinski definition) is 2. The van der Waals surface area contributed by atoms with Gasteiger partial charge in [0.05, 0.1) is 37.2 Å². The molecule has 0 aliphatic heterocycles. The summed E-state index contributed by atoms with van der Waals surface area (Å²) >= 11 is 3.04. The van der Waals surface area contributed by atoms with E-state index in [1.165, 1.54) is 22.7 Å². The van der Waals surface area contributed by atoms with Crippen LogP contribution in [0, 0.1) is 0 Å². The summed E-state index contributed by atoms with van der Waals surface area (Å²) in [5, 5.41) is 12.1. The summed E-state index contributed by atoms with van der Waals surface area (Å²) < 4.78 is 10.4. The van der Waals surface area contributed by atoms with Crippen molar-refractivity contribution in [2.75, 3.05) is 25.1 Å². The quantitative estimate of drug-likeness (QED) is 0.149. The number of rotatable bonds is 10. The fourth-order valence-electron chi connectivity index (χ4n) is 3.43. The maximum Gasteiger partial charge on any atom is 0.203 e. The molecular weight excluding hydrogens is 516 g/mol. The van der Waals surface area contributed by atoms with Gasteiger partial charge in [-0.05, 0) is 65.2 Å². The summed E-state index contributed by atoms with van der Waals surface area (Å²) in [6, 6.07) is 23.6. The molecule has 0 radical (unpaired) electrons. The summed E-state index contributed by atoms with van der Waals surface area (Å²) in [6.45, 7) is 0. The summed E-state index contributed by atoms with van der Waals surface area (Å²) in [7, 11) is 3.31. The minimum atomic E-state index is 0.722. The minimum Gasteiger partial charge on any atom is -0.497 e. The first-order valence-corrected chi connectivity index (χ1v) is 13.3. The molecule has 0 bridgehead atoms. The average molecular weight is 541 g/mol. The summed E-state index contributed by atoms with van der Waals surface area (Å²) in [6.07, 6.45) is 5.34. The predicted octanol–water partition coefficient (Wildman–Crippen LogP) is 6.84. The highest BCUT2D eigenvalue weighted by Gasteiger charge is 2.05. The Bertz CT molecular complexity index is 1410. The summed E-state index contributed by atoms with van der Waals surface area (Å²) in [5.41, 5.74) is 10.9. The molecule has 0 fully saturated rings. The highest BCUT2D eigenvalue weighted by Crippen LogP contribution is 2.30. The number of methoxy groups -OCH3 is 2. The van der Waals surface area contributed by atoms with Crippen LogP contribution >= 0.6 is 22.7 Å². The van der Waals surface area contributed by atoms with Crippen molar-refractivity contribution in [2.24, 2.45) is 10.2 Å². The Morgan fingerprint density at radius 3 is 1.84 bits per heavy atom. The van der Waals surface area contributed by atoms with Gasteiger partial charge in [-0.25, -0.2) is 9.97 Å². The van der Waals surface area contributed by atoms with Crippen LogP contribution in [0.2, 0.25) is 0 Å². The topological polar surface area (TPSA) is 93.0 Å². The zero-order chi connectivity index (χ0) is 26.2. The Balaban J connectivity index is 1.11. The molecular formula is C28H24N6O2S2. The van der Waals surface area contributed by atoms with Crippen molar-refractivity contribution in [3.8, 4) is 33.2 Å². The molecule has 0 unspecified atom stereocenters. The fraction of sp³-hybridized carbons (Fsp3) is 0.0714. The first-order valence-electron chi connectivity index (χ1n) is 11.6. The van der Waals surface area contributed by atoms with E-state index >= 15 is 0 Å². The Kier molecular flexibility index (Phi) is 8.02. The Labute approximate surface area is 228 Å². The lowest BCUT2D eigenvalue weighted by Gasteiger charge is -2.00. The zero-order valence-electron chi connectivity index (χ0n) is 20.7. The third-order valence-electron chi connectivity index (χ3n) is 5.45. The number of thiazole rings is 2. The SMILES string of the molecule is COc1ccc(-c2csc(N/N=C/c3ccc(/C=N/Nc4ncc(-c5ccc(OC)cc5)s4)cc3)n2)cc1. The zero-order valence-corrected chi connectivity index (χ0v) is 22.3. The summed E-state index contributed by atoms with van der Waals surface area (Å²) in [5.74, 6) is 1.65. The number of anilines is 2. The van der Waals surface area contributed by atoms with E-state index in [1.807, 2.05) is 84.4 Å². The number of aromatic nitrogens is 2. The van der Waals surface area contributed by atoms with Crippen LogP contribution in [0.4, 0.5) is 10.3 Å². The van der Waals surface area contributed by atoms with E-state index in [0.717, 1.165) is 54.6 Å². The molecule has 0 amide bonds. The van der Waals surface area contributed by atoms with Crippen LogP contribution in [-0.4, -0.2) is 36.6 Å². The van der Waals surface area contributed by atoms with Crippen molar-refractivity contribution >= 4 is 45.4 Å². The van der Waals surface area contributed by atoms with Gasteiger partial charge in [-0.2, -0.15) is 10.2 Å². The molecule has 190 valence electrons. The molecule has 0 saturated carbocycles. The number of hydrazone groups is 2. The first kappa shape index (κ1) is 25.1. The highest BCUT2D eigenvalue weighted by molar-refractivity contribution is 7.18. The molecule has 0 spiro atoms. The Morgan fingerprint density at radius 2 is 1.26 bits per heavy atom. The smallest absolute Gasteiger partial charge is 0.203 e. The Hall–Kier alpha value is -4.54. The number of benzene rings is 3. The highest BCUT2D eigenvalue weighted by atomic mass is 32.1. The lowest BCUT2D eigenvalue weighted by atomic mass is 10.2. The van der Waals surface area contributed by atoms with E-state index in [2.05, 4.69) is 31.0 Å². The third-order valence-corrected chi connectivity index (χ3v) is 7.15. The monoisotopic (exact) mass is 540 g/mol. The number of hydrogen-bond acceptors (Lipinski definition) is 10. The fourth-order valence-corrected chi connectivity index (χ4v) is 4.87. The lowest BCUT2D eigenvalue weighted by Crippen LogP contribution is -1.92. The van der Waals surface area contributed by atoms with Crippen LogP contribution in [0.1, 0.15) is 11.1 Å². The molecule has 5 aromatic rings. The number of ether oxygens (including phenoxy) is 2. The maximum absolute atomic E-state index is 5.21. The number of nitrogens with zero attached hydrogens (tertiary/aromatic N) is 4. The maximum atomic E-state index is 5.21. The second-order valence-electron chi connectivity index (χ2n) is 7.93. The van der Waals surface area contributed by atoms with Gasteiger partial charge in [0, 0.05) is 17.1 Å². The molecule has 0 aliphatic rings. The Morgan fingerprint density at radius 1 is 0.711 bits per heavy atom. The van der Waals surface area contributed by atoms with E-state index < -0.39 is 0 Å². The molecule has 2 heterocycles. The van der Waals surface area contributed by atoms with Gasteiger partial charge in [0.2, 0.25) is 10.3 Å². The normalized spacial score (nSPS) is 11.2. The van der Waals surface area contributed by atoms with Crippen molar-refractivity contribution in [2.45, 2.75) is 0 Å². The van der Waals surface area contributed by atoms with Crippen molar-refractivity contribution in [3.63, 3.8) is 0 Å². The molecule has 10 heteroatoms. The van der Waals surface area contributed by atoms with Crippen LogP contribution in [-0.2, 0) is 0 Å². The largest absolute Gasteiger partial charge is 0.497 e. The lowest BCUT2D eigenvalue weighted by molar-refractivity contribution is 0.415. The molecule has 0 saturated heterocycles. The van der Waals surface area contributed by atoms with Gasteiger partial charge >= 0.3 is 0 Å².